The molecular formula is C18H15N5. The summed E-state index contributed by atoms with van der Waals surface area (Å²) in [7, 11) is 0. The quantitative estimate of drug-likeness (QED) is 0.569. The topological polar surface area (TPSA) is 56.0 Å². The molecule has 0 spiro atoms. The minimum Gasteiger partial charge on any atom is -0.256 e. The molecule has 0 aliphatic carbocycles. The highest BCUT2D eigenvalue weighted by Crippen LogP contribution is 2.29. The van der Waals surface area contributed by atoms with Crippen LogP contribution < -0.4 is 0 Å². The van der Waals surface area contributed by atoms with Crippen LogP contribution in [0.2, 0.25) is 0 Å². The maximum absolute atomic E-state index is 4.58. The minimum atomic E-state index is 0.727. The lowest BCUT2D eigenvalue weighted by molar-refractivity contribution is 0.804. The Labute approximate surface area is 133 Å². The zero-order valence-electron chi connectivity index (χ0n) is 12.9. The first-order valence-electron chi connectivity index (χ1n) is 7.42. The van der Waals surface area contributed by atoms with Crippen molar-refractivity contribution in [2.75, 3.05) is 0 Å². The van der Waals surface area contributed by atoms with E-state index in [-0.39, 0.29) is 0 Å². The molecule has 0 saturated heterocycles. The second-order valence-electron chi connectivity index (χ2n) is 5.52. The largest absolute Gasteiger partial charge is 0.256 e. The summed E-state index contributed by atoms with van der Waals surface area (Å²) in [6.07, 6.45) is 3.31. The lowest BCUT2D eigenvalue weighted by Gasteiger charge is -2.10. The van der Waals surface area contributed by atoms with Crippen LogP contribution in [0.1, 0.15) is 11.1 Å². The smallest absolute Gasteiger partial charge is 0.176 e. The van der Waals surface area contributed by atoms with Gasteiger partial charge in [0.05, 0.1) is 11.4 Å². The van der Waals surface area contributed by atoms with E-state index >= 15 is 0 Å². The third-order valence-corrected chi connectivity index (χ3v) is 4.01. The van der Waals surface area contributed by atoms with Gasteiger partial charge in [-0.3, -0.25) is 4.98 Å². The Kier molecular flexibility index (Phi) is 3.12. The van der Waals surface area contributed by atoms with E-state index < -0.39 is 0 Å². The van der Waals surface area contributed by atoms with Crippen molar-refractivity contribution >= 4 is 5.65 Å². The minimum absolute atomic E-state index is 0.727. The summed E-state index contributed by atoms with van der Waals surface area (Å²) in [4.78, 5) is 8.71. The van der Waals surface area contributed by atoms with Crippen molar-refractivity contribution in [3.63, 3.8) is 0 Å². The first kappa shape index (κ1) is 13.6. The van der Waals surface area contributed by atoms with Crippen molar-refractivity contribution in [3.8, 4) is 22.5 Å². The van der Waals surface area contributed by atoms with E-state index in [1.807, 2.05) is 30.5 Å². The van der Waals surface area contributed by atoms with E-state index in [0.29, 0.717) is 0 Å². The van der Waals surface area contributed by atoms with Crippen LogP contribution >= 0.6 is 0 Å². The molecule has 0 aliphatic heterocycles. The predicted octanol–water partition coefficient (Wildman–Crippen LogP) is 3.47. The number of benzene rings is 1. The molecule has 0 saturated carbocycles. The molecular weight excluding hydrogens is 286 g/mol. The lowest BCUT2D eigenvalue weighted by atomic mass is 9.99. The number of rotatable bonds is 2. The molecule has 3 heterocycles. The molecule has 0 fully saturated rings. The summed E-state index contributed by atoms with van der Waals surface area (Å²) in [5.74, 6) is 0. The van der Waals surface area contributed by atoms with Crippen LogP contribution in [0, 0.1) is 13.8 Å². The first-order chi connectivity index (χ1) is 11.2. The van der Waals surface area contributed by atoms with Gasteiger partial charge >= 0.3 is 0 Å². The van der Waals surface area contributed by atoms with Gasteiger partial charge in [0.25, 0.3) is 0 Å². The molecule has 1 aromatic carbocycles. The fraction of sp³-hybridized carbons (Fsp3) is 0.111. The standard InChI is InChI=1S/C18H15N5/c1-12-5-6-14(10-13(12)2)18-15(4-3-9-19-18)16-7-8-17-20-11-21-23(17)22-16/h3-11H,1-2H3. The van der Waals surface area contributed by atoms with Crippen LogP contribution in [0.3, 0.4) is 0 Å². The van der Waals surface area contributed by atoms with Gasteiger partial charge in [0.1, 0.15) is 6.33 Å². The van der Waals surface area contributed by atoms with Gasteiger partial charge in [-0.25, -0.2) is 4.98 Å². The van der Waals surface area contributed by atoms with Crippen molar-refractivity contribution in [3.05, 3.63) is 66.1 Å². The Balaban J connectivity index is 1.90. The third-order valence-electron chi connectivity index (χ3n) is 4.01. The molecule has 23 heavy (non-hydrogen) atoms. The Morgan fingerprint density at radius 2 is 1.83 bits per heavy atom. The maximum Gasteiger partial charge on any atom is 0.176 e. The Morgan fingerprint density at radius 1 is 0.913 bits per heavy atom. The van der Waals surface area contributed by atoms with E-state index in [1.54, 1.807) is 0 Å². The van der Waals surface area contributed by atoms with Gasteiger partial charge < -0.3 is 0 Å². The van der Waals surface area contributed by atoms with E-state index in [1.165, 1.54) is 22.1 Å². The number of nitrogens with zero attached hydrogens (tertiary/aromatic N) is 5. The summed E-state index contributed by atoms with van der Waals surface area (Å²) in [5.41, 5.74) is 7.06. The van der Waals surface area contributed by atoms with Crippen molar-refractivity contribution in [1.82, 2.24) is 24.8 Å². The monoisotopic (exact) mass is 301 g/mol. The van der Waals surface area contributed by atoms with Crippen LogP contribution in [-0.2, 0) is 0 Å². The Hall–Kier alpha value is -3.08. The number of aryl methyl sites for hydroxylation is 2. The van der Waals surface area contributed by atoms with Crippen molar-refractivity contribution in [2.45, 2.75) is 13.8 Å². The highest BCUT2D eigenvalue weighted by molar-refractivity contribution is 5.79. The van der Waals surface area contributed by atoms with Crippen LogP contribution in [0.5, 0.6) is 0 Å². The molecule has 0 amide bonds. The highest BCUT2D eigenvalue weighted by Gasteiger charge is 2.11. The maximum atomic E-state index is 4.58. The van der Waals surface area contributed by atoms with Gasteiger partial charge in [-0.1, -0.05) is 12.1 Å². The fourth-order valence-corrected chi connectivity index (χ4v) is 2.59. The summed E-state index contributed by atoms with van der Waals surface area (Å²) in [6.45, 7) is 4.22. The van der Waals surface area contributed by atoms with E-state index in [2.05, 4.69) is 52.2 Å². The molecule has 5 nitrogen and oxygen atoms in total. The molecule has 4 rings (SSSR count). The van der Waals surface area contributed by atoms with Crippen molar-refractivity contribution in [1.29, 1.82) is 0 Å². The SMILES string of the molecule is Cc1ccc(-c2ncccc2-c2ccc3ncnn3n2)cc1C. The number of pyridine rings is 1. The summed E-state index contributed by atoms with van der Waals surface area (Å²) >= 11 is 0. The molecule has 4 aromatic rings. The van der Waals surface area contributed by atoms with Crippen LogP contribution in [-0.4, -0.2) is 24.8 Å². The van der Waals surface area contributed by atoms with Crippen molar-refractivity contribution in [2.24, 2.45) is 0 Å². The number of aromatic nitrogens is 5. The van der Waals surface area contributed by atoms with E-state index in [0.717, 1.165) is 28.2 Å². The second kappa shape index (κ2) is 5.28. The van der Waals surface area contributed by atoms with Gasteiger partial charge in [-0.15, -0.1) is 14.8 Å². The van der Waals surface area contributed by atoms with E-state index in [4.69, 9.17) is 0 Å². The number of fused-ring (bicyclic) bond motifs is 1. The molecule has 0 N–H and O–H groups in total. The Morgan fingerprint density at radius 3 is 2.70 bits per heavy atom. The third kappa shape index (κ3) is 2.36. The normalized spacial score (nSPS) is 11.0. The van der Waals surface area contributed by atoms with Crippen LogP contribution in [0.25, 0.3) is 28.2 Å². The fourth-order valence-electron chi connectivity index (χ4n) is 2.59. The van der Waals surface area contributed by atoms with Gasteiger partial charge in [0.15, 0.2) is 5.65 Å². The average molecular weight is 301 g/mol. The van der Waals surface area contributed by atoms with Crippen LogP contribution in [0.15, 0.2) is 55.0 Å². The van der Waals surface area contributed by atoms with Gasteiger partial charge in [0, 0.05) is 17.3 Å². The molecule has 0 aliphatic rings. The van der Waals surface area contributed by atoms with E-state index in [9.17, 15) is 0 Å². The first-order valence-corrected chi connectivity index (χ1v) is 7.42. The predicted molar refractivity (Wildman–Crippen MR) is 88.9 cm³/mol. The molecule has 0 atom stereocenters. The summed E-state index contributed by atoms with van der Waals surface area (Å²) in [5, 5.41) is 8.64. The number of hydrogen-bond donors (Lipinski definition) is 0. The summed E-state index contributed by atoms with van der Waals surface area (Å²) in [6, 6.07) is 14.2. The summed E-state index contributed by atoms with van der Waals surface area (Å²) < 4.78 is 1.53. The second-order valence-corrected chi connectivity index (χ2v) is 5.52. The molecule has 112 valence electrons. The van der Waals surface area contributed by atoms with Gasteiger partial charge in [-0.05, 0) is 55.3 Å². The highest BCUT2D eigenvalue weighted by atomic mass is 15.4. The zero-order chi connectivity index (χ0) is 15.8. The molecule has 0 radical (unpaired) electrons. The molecule has 3 aromatic heterocycles. The van der Waals surface area contributed by atoms with Gasteiger partial charge in [0.2, 0.25) is 0 Å². The van der Waals surface area contributed by atoms with Gasteiger partial charge in [-0.2, -0.15) is 0 Å². The van der Waals surface area contributed by atoms with Crippen LogP contribution in [0.4, 0.5) is 0 Å². The Bertz CT molecular complexity index is 1000. The average Bonchev–Trinajstić information content (AvgIpc) is 3.05. The lowest BCUT2D eigenvalue weighted by Crippen LogP contribution is -1.98. The van der Waals surface area contributed by atoms with Crippen molar-refractivity contribution < 1.29 is 0 Å². The molecule has 0 bridgehead atoms. The number of hydrogen-bond acceptors (Lipinski definition) is 4. The molecule has 5 heteroatoms. The zero-order valence-corrected chi connectivity index (χ0v) is 12.9. The molecule has 0 unspecified atom stereocenters.